The number of carbonyl (C=O) groups is 1. The summed E-state index contributed by atoms with van der Waals surface area (Å²) < 4.78 is 5.22. The summed E-state index contributed by atoms with van der Waals surface area (Å²) in [7, 11) is 0. The molecule has 3 heteroatoms. The molecule has 0 atom stereocenters. The SMILES string of the molecule is C=COc1ccc2cc(C(C)(C)C(=O)O)ccc2c1. The van der Waals surface area contributed by atoms with E-state index in [-0.39, 0.29) is 0 Å². The van der Waals surface area contributed by atoms with Crippen molar-refractivity contribution in [2.45, 2.75) is 19.3 Å². The first kappa shape index (κ1) is 13.1. The number of fused-ring (bicyclic) bond motifs is 1. The number of carboxylic acid groups (broad SMARTS) is 1. The molecular formula is C16H16O3. The van der Waals surface area contributed by atoms with Gasteiger partial charge in [-0.1, -0.05) is 30.8 Å². The molecule has 0 spiro atoms. The van der Waals surface area contributed by atoms with E-state index in [0.29, 0.717) is 5.75 Å². The van der Waals surface area contributed by atoms with Crippen LogP contribution in [-0.4, -0.2) is 11.1 Å². The fourth-order valence-electron chi connectivity index (χ4n) is 1.91. The summed E-state index contributed by atoms with van der Waals surface area (Å²) in [6, 6.07) is 11.3. The lowest BCUT2D eigenvalue weighted by Gasteiger charge is -2.20. The van der Waals surface area contributed by atoms with Gasteiger partial charge in [-0.15, -0.1) is 0 Å². The summed E-state index contributed by atoms with van der Waals surface area (Å²) in [6.45, 7) is 6.91. The van der Waals surface area contributed by atoms with Gasteiger partial charge in [-0.05, 0) is 42.3 Å². The number of carboxylic acids is 1. The molecule has 0 saturated heterocycles. The van der Waals surface area contributed by atoms with E-state index in [2.05, 4.69) is 6.58 Å². The normalized spacial score (nSPS) is 11.3. The van der Waals surface area contributed by atoms with Crippen LogP contribution in [0.15, 0.2) is 49.2 Å². The third-order valence-corrected chi connectivity index (χ3v) is 3.29. The molecule has 0 aliphatic carbocycles. The van der Waals surface area contributed by atoms with Gasteiger partial charge in [0.2, 0.25) is 0 Å². The van der Waals surface area contributed by atoms with E-state index in [9.17, 15) is 9.90 Å². The van der Waals surface area contributed by atoms with E-state index in [4.69, 9.17) is 4.74 Å². The third kappa shape index (κ3) is 2.45. The highest BCUT2D eigenvalue weighted by Crippen LogP contribution is 2.28. The number of hydrogen-bond donors (Lipinski definition) is 1. The van der Waals surface area contributed by atoms with Gasteiger partial charge in [0.15, 0.2) is 0 Å². The number of ether oxygens (including phenoxy) is 1. The van der Waals surface area contributed by atoms with E-state index in [1.165, 1.54) is 6.26 Å². The Kier molecular flexibility index (Phi) is 3.30. The summed E-state index contributed by atoms with van der Waals surface area (Å²) in [6.07, 6.45) is 1.38. The topological polar surface area (TPSA) is 46.5 Å². The molecule has 2 aromatic rings. The average molecular weight is 256 g/mol. The van der Waals surface area contributed by atoms with Gasteiger partial charge in [0, 0.05) is 0 Å². The molecule has 0 radical (unpaired) electrons. The highest BCUT2D eigenvalue weighted by atomic mass is 16.5. The Labute approximate surface area is 112 Å². The Balaban J connectivity index is 2.50. The van der Waals surface area contributed by atoms with E-state index in [1.54, 1.807) is 13.8 Å². The first-order chi connectivity index (χ1) is 8.95. The van der Waals surface area contributed by atoms with Crippen molar-refractivity contribution < 1.29 is 14.6 Å². The van der Waals surface area contributed by atoms with E-state index >= 15 is 0 Å². The van der Waals surface area contributed by atoms with Crippen molar-refractivity contribution in [2.75, 3.05) is 0 Å². The van der Waals surface area contributed by atoms with Crippen LogP contribution in [-0.2, 0) is 10.2 Å². The van der Waals surface area contributed by atoms with Gasteiger partial charge >= 0.3 is 5.97 Å². The highest BCUT2D eigenvalue weighted by molar-refractivity contribution is 5.87. The van der Waals surface area contributed by atoms with Crippen LogP contribution in [0.2, 0.25) is 0 Å². The van der Waals surface area contributed by atoms with Crippen LogP contribution in [0.1, 0.15) is 19.4 Å². The molecule has 1 N–H and O–H groups in total. The van der Waals surface area contributed by atoms with Gasteiger partial charge in [-0.3, -0.25) is 4.79 Å². The Morgan fingerprint density at radius 3 is 2.47 bits per heavy atom. The van der Waals surface area contributed by atoms with Crippen LogP contribution in [0.5, 0.6) is 5.75 Å². The first-order valence-corrected chi connectivity index (χ1v) is 6.00. The van der Waals surface area contributed by atoms with Gasteiger partial charge in [-0.2, -0.15) is 0 Å². The Morgan fingerprint density at radius 2 is 1.84 bits per heavy atom. The van der Waals surface area contributed by atoms with Crippen molar-refractivity contribution in [3.63, 3.8) is 0 Å². The second-order valence-electron chi connectivity index (χ2n) is 4.94. The molecule has 2 rings (SSSR count). The monoisotopic (exact) mass is 256 g/mol. The lowest BCUT2D eigenvalue weighted by atomic mass is 9.84. The molecule has 2 aromatic carbocycles. The average Bonchev–Trinajstić information content (AvgIpc) is 2.38. The molecule has 3 nitrogen and oxygen atoms in total. The zero-order valence-corrected chi connectivity index (χ0v) is 11.0. The van der Waals surface area contributed by atoms with Crippen molar-refractivity contribution in [2.24, 2.45) is 0 Å². The van der Waals surface area contributed by atoms with Crippen molar-refractivity contribution >= 4 is 16.7 Å². The van der Waals surface area contributed by atoms with Gasteiger partial charge in [0.1, 0.15) is 5.75 Å². The molecule has 19 heavy (non-hydrogen) atoms. The zero-order chi connectivity index (χ0) is 14.0. The van der Waals surface area contributed by atoms with Crippen LogP contribution in [0.25, 0.3) is 10.8 Å². The fourth-order valence-corrected chi connectivity index (χ4v) is 1.91. The number of benzene rings is 2. The van der Waals surface area contributed by atoms with Crippen molar-refractivity contribution in [3.05, 3.63) is 54.8 Å². The molecule has 0 aromatic heterocycles. The minimum atomic E-state index is -0.898. The maximum atomic E-state index is 11.3. The maximum Gasteiger partial charge on any atom is 0.313 e. The molecule has 0 unspecified atom stereocenters. The summed E-state index contributed by atoms with van der Waals surface area (Å²) in [5, 5.41) is 11.2. The summed E-state index contributed by atoms with van der Waals surface area (Å²) in [5.74, 6) is -0.119. The lowest BCUT2D eigenvalue weighted by Crippen LogP contribution is -2.28. The fraction of sp³-hybridized carbons (Fsp3) is 0.188. The van der Waals surface area contributed by atoms with Crippen LogP contribution >= 0.6 is 0 Å². The van der Waals surface area contributed by atoms with E-state index < -0.39 is 11.4 Å². The summed E-state index contributed by atoms with van der Waals surface area (Å²) in [5.41, 5.74) is -0.116. The Morgan fingerprint density at radius 1 is 1.21 bits per heavy atom. The molecule has 0 amide bonds. The number of rotatable bonds is 4. The highest BCUT2D eigenvalue weighted by Gasteiger charge is 2.29. The second-order valence-corrected chi connectivity index (χ2v) is 4.94. The summed E-state index contributed by atoms with van der Waals surface area (Å²) >= 11 is 0. The largest absolute Gasteiger partial charge is 0.481 e. The quantitative estimate of drug-likeness (QED) is 0.848. The second kappa shape index (κ2) is 4.76. The summed E-state index contributed by atoms with van der Waals surface area (Å²) in [4.78, 5) is 11.3. The zero-order valence-electron chi connectivity index (χ0n) is 11.0. The molecule has 0 bridgehead atoms. The lowest BCUT2D eigenvalue weighted by molar-refractivity contribution is -0.142. The number of hydrogen-bond acceptors (Lipinski definition) is 2. The standard InChI is InChI=1S/C16H16O3/c1-4-19-14-8-6-11-9-13(7-5-12(11)10-14)16(2,3)15(17)18/h4-10H,1H2,2-3H3,(H,17,18). The smallest absolute Gasteiger partial charge is 0.313 e. The van der Waals surface area contributed by atoms with Crippen LogP contribution in [0.4, 0.5) is 0 Å². The minimum absolute atomic E-state index is 0.716. The predicted octanol–water partition coefficient (Wildman–Crippen LogP) is 3.72. The Hall–Kier alpha value is -2.29. The van der Waals surface area contributed by atoms with Crippen molar-refractivity contribution in [1.29, 1.82) is 0 Å². The van der Waals surface area contributed by atoms with Gasteiger partial charge in [0.25, 0.3) is 0 Å². The van der Waals surface area contributed by atoms with Crippen molar-refractivity contribution in [3.8, 4) is 5.75 Å². The number of aliphatic carboxylic acids is 1. The predicted molar refractivity (Wildman–Crippen MR) is 75.4 cm³/mol. The van der Waals surface area contributed by atoms with Gasteiger partial charge < -0.3 is 9.84 Å². The van der Waals surface area contributed by atoms with Crippen LogP contribution in [0, 0.1) is 0 Å². The third-order valence-electron chi connectivity index (χ3n) is 3.29. The molecule has 0 aliphatic heterocycles. The molecular weight excluding hydrogens is 240 g/mol. The minimum Gasteiger partial charge on any atom is -0.481 e. The van der Waals surface area contributed by atoms with Gasteiger partial charge in [-0.25, -0.2) is 0 Å². The van der Waals surface area contributed by atoms with Gasteiger partial charge in [0.05, 0.1) is 11.7 Å². The first-order valence-electron chi connectivity index (χ1n) is 6.00. The molecule has 0 fully saturated rings. The molecule has 0 aliphatic rings. The van der Waals surface area contributed by atoms with Crippen molar-refractivity contribution in [1.82, 2.24) is 0 Å². The Bertz CT molecular complexity index is 641. The van der Waals surface area contributed by atoms with E-state index in [1.807, 2.05) is 36.4 Å². The van der Waals surface area contributed by atoms with Crippen LogP contribution < -0.4 is 4.74 Å². The molecule has 98 valence electrons. The maximum absolute atomic E-state index is 11.3. The molecule has 0 heterocycles. The van der Waals surface area contributed by atoms with E-state index in [0.717, 1.165) is 16.3 Å². The molecule has 0 saturated carbocycles. The van der Waals surface area contributed by atoms with Crippen LogP contribution in [0.3, 0.4) is 0 Å².